The third-order valence-electron chi connectivity index (χ3n) is 2.48. The van der Waals surface area contributed by atoms with Crippen molar-refractivity contribution in [2.24, 2.45) is 0 Å². The number of benzene rings is 1. The Kier molecular flexibility index (Phi) is 4.53. The molecule has 0 aliphatic carbocycles. The summed E-state index contributed by atoms with van der Waals surface area (Å²) in [6.07, 6.45) is -0.124. The maximum absolute atomic E-state index is 13.8. The Morgan fingerprint density at radius 3 is 2.33 bits per heavy atom. The Morgan fingerprint density at radius 2 is 1.89 bits per heavy atom. The number of hydrogen-bond acceptors (Lipinski definition) is 3. The average molecular weight is 256 g/mol. The van der Waals surface area contributed by atoms with Gasteiger partial charge in [0.25, 0.3) is 0 Å². The van der Waals surface area contributed by atoms with Gasteiger partial charge in [0, 0.05) is 11.6 Å². The minimum absolute atomic E-state index is 0.0791. The van der Waals surface area contributed by atoms with Gasteiger partial charge in [-0.25, -0.2) is 4.39 Å². The number of ether oxygens (including phenoxy) is 2. The predicted molar refractivity (Wildman–Crippen MR) is 64.8 cm³/mol. The van der Waals surface area contributed by atoms with Gasteiger partial charge in [0.2, 0.25) is 0 Å². The Balaban J connectivity index is 3.21. The molecule has 0 saturated heterocycles. The number of halogens is 1. The van der Waals surface area contributed by atoms with E-state index >= 15 is 0 Å². The Hall–Kier alpha value is -1.78. The fourth-order valence-electron chi connectivity index (χ4n) is 1.52. The van der Waals surface area contributed by atoms with Crippen LogP contribution in [0.3, 0.4) is 0 Å². The van der Waals surface area contributed by atoms with Crippen molar-refractivity contribution < 1.29 is 23.8 Å². The molecule has 1 atom stereocenters. The molecule has 100 valence electrons. The van der Waals surface area contributed by atoms with E-state index in [2.05, 4.69) is 0 Å². The van der Waals surface area contributed by atoms with Gasteiger partial charge in [0.05, 0.1) is 19.1 Å². The number of hydrogen-bond donors (Lipinski definition) is 1. The average Bonchev–Trinajstić information content (AvgIpc) is 2.27. The summed E-state index contributed by atoms with van der Waals surface area (Å²) in [6.45, 7) is 5.04. The van der Waals surface area contributed by atoms with E-state index < -0.39 is 17.7 Å². The zero-order chi connectivity index (χ0) is 13.9. The number of methoxy groups -OCH3 is 1. The number of carboxylic acid groups (broad SMARTS) is 1. The first-order valence-corrected chi connectivity index (χ1v) is 5.63. The zero-order valence-electron chi connectivity index (χ0n) is 10.9. The van der Waals surface area contributed by atoms with Crippen molar-refractivity contribution in [2.75, 3.05) is 7.11 Å². The second-order valence-electron chi connectivity index (χ2n) is 4.25. The van der Waals surface area contributed by atoms with Gasteiger partial charge in [0.15, 0.2) is 11.5 Å². The molecule has 1 unspecified atom stereocenters. The highest BCUT2D eigenvalue weighted by molar-refractivity contribution is 5.76. The van der Waals surface area contributed by atoms with E-state index in [1.54, 1.807) is 0 Å². The van der Waals surface area contributed by atoms with Gasteiger partial charge in [0.1, 0.15) is 5.82 Å². The standard InChI is InChI=1S/C13H17FO4/c1-7(2)18-12-6-10(14)9(5-11(12)17-4)8(3)13(15)16/h5-8H,1-4H3,(H,15,16). The molecule has 0 amide bonds. The van der Waals surface area contributed by atoms with Crippen LogP contribution in [0.2, 0.25) is 0 Å². The molecule has 0 radical (unpaired) electrons. The molecule has 5 heteroatoms. The first-order chi connectivity index (χ1) is 8.36. The molecule has 1 aromatic rings. The molecule has 0 fully saturated rings. The maximum atomic E-state index is 13.8. The second-order valence-corrected chi connectivity index (χ2v) is 4.25. The monoisotopic (exact) mass is 256 g/mol. The quantitative estimate of drug-likeness (QED) is 0.880. The van der Waals surface area contributed by atoms with E-state index in [0.717, 1.165) is 6.07 Å². The molecule has 0 aromatic heterocycles. The molecule has 0 aliphatic rings. The number of aliphatic carboxylic acids is 1. The van der Waals surface area contributed by atoms with E-state index in [1.807, 2.05) is 13.8 Å². The van der Waals surface area contributed by atoms with Gasteiger partial charge in [-0.05, 0) is 26.8 Å². The lowest BCUT2D eigenvalue weighted by Gasteiger charge is -2.16. The number of carbonyl (C=O) groups is 1. The Bertz CT molecular complexity index is 443. The van der Waals surface area contributed by atoms with Crippen molar-refractivity contribution in [1.82, 2.24) is 0 Å². The van der Waals surface area contributed by atoms with Gasteiger partial charge < -0.3 is 14.6 Å². The summed E-state index contributed by atoms with van der Waals surface area (Å²) in [6, 6.07) is 2.53. The highest BCUT2D eigenvalue weighted by Crippen LogP contribution is 2.33. The molecule has 0 heterocycles. The molecule has 1 rings (SSSR count). The molecular formula is C13H17FO4. The van der Waals surface area contributed by atoms with E-state index in [0.29, 0.717) is 5.75 Å². The Morgan fingerprint density at radius 1 is 1.28 bits per heavy atom. The third kappa shape index (κ3) is 3.12. The summed E-state index contributed by atoms with van der Waals surface area (Å²) >= 11 is 0. The van der Waals surface area contributed by atoms with Crippen LogP contribution in [0.4, 0.5) is 4.39 Å². The van der Waals surface area contributed by atoms with Crippen molar-refractivity contribution in [3.8, 4) is 11.5 Å². The molecule has 18 heavy (non-hydrogen) atoms. The van der Waals surface area contributed by atoms with Gasteiger partial charge in [-0.1, -0.05) is 0 Å². The molecule has 0 saturated carbocycles. The number of rotatable bonds is 5. The van der Waals surface area contributed by atoms with Crippen LogP contribution in [-0.2, 0) is 4.79 Å². The molecule has 1 N–H and O–H groups in total. The summed E-state index contributed by atoms with van der Waals surface area (Å²) in [5.41, 5.74) is 0.0791. The summed E-state index contributed by atoms with van der Waals surface area (Å²) in [5.74, 6) is -2.04. The molecule has 0 aliphatic heterocycles. The highest BCUT2D eigenvalue weighted by atomic mass is 19.1. The van der Waals surface area contributed by atoms with Crippen LogP contribution in [-0.4, -0.2) is 24.3 Å². The predicted octanol–water partition coefficient (Wildman–Crippen LogP) is 2.81. The van der Waals surface area contributed by atoms with Crippen molar-refractivity contribution in [3.63, 3.8) is 0 Å². The summed E-state index contributed by atoms with van der Waals surface area (Å²) in [7, 11) is 1.43. The summed E-state index contributed by atoms with van der Waals surface area (Å²) < 4.78 is 24.3. The summed E-state index contributed by atoms with van der Waals surface area (Å²) in [5, 5.41) is 8.90. The second kappa shape index (κ2) is 5.71. The van der Waals surface area contributed by atoms with Crippen LogP contribution in [0, 0.1) is 5.82 Å². The Labute approximate surface area is 105 Å². The van der Waals surface area contributed by atoms with Crippen LogP contribution in [0.25, 0.3) is 0 Å². The van der Waals surface area contributed by atoms with Crippen LogP contribution in [0.15, 0.2) is 12.1 Å². The van der Waals surface area contributed by atoms with Crippen molar-refractivity contribution in [3.05, 3.63) is 23.5 Å². The fraction of sp³-hybridized carbons (Fsp3) is 0.462. The largest absolute Gasteiger partial charge is 0.493 e. The van der Waals surface area contributed by atoms with E-state index in [1.165, 1.54) is 20.1 Å². The van der Waals surface area contributed by atoms with Gasteiger partial charge in [-0.15, -0.1) is 0 Å². The van der Waals surface area contributed by atoms with Gasteiger partial charge in [-0.2, -0.15) is 0 Å². The van der Waals surface area contributed by atoms with E-state index in [4.69, 9.17) is 14.6 Å². The van der Waals surface area contributed by atoms with E-state index in [-0.39, 0.29) is 17.4 Å². The molecule has 1 aromatic carbocycles. The molecule has 0 bridgehead atoms. The fourth-order valence-corrected chi connectivity index (χ4v) is 1.52. The van der Waals surface area contributed by atoms with Crippen molar-refractivity contribution in [1.29, 1.82) is 0 Å². The minimum Gasteiger partial charge on any atom is -0.493 e. The van der Waals surface area contributed by atoms with Crippen molar-refractivity contribution in [2.45, 2.75) is 32.8 Å². The minimum atomic E-state index is -1.09. The van der Waals surface area contributed by atoms with Gasteiger partial charge in [-0.3, -0.25) is 4.79 Å². The highest BCUT2D eigenvalue weighted by Gasteiger charge is 2.21. The number of carboxylic acids is 1. The lowest BCUT2D eigenvalue weighted by molar-refractivity contribution is -0.138. The van der Waals surface area contributed by atoms with Crippen LogP contribution >= 0.6 is 0 Å². The SMILES string of the molecule is COc1cc(C(C)C(=O)O)c(F)cc1OC(C)C. The summed E-state index contributed by atoms with van der Waals surface area (Å²) in [4.78, 5) is 10.9. The maximum Gasteiger partial charge on any atom is 0.310 e. The van der Waals surface area contributed by atoms with E-state index in [9.17, 15) is 9.18 Å². The lowest BCUT2D eigenvalue weighted by Crippen LogP contribution is -2.11. The zero-order valence-corrected chi connectivity index (χ0v) is 10.9. The normalized spacial score (nSPS) is 12.3. The topological polar surface area (TPSA) is 55.8 Å². The first-order valence-electron chi connectivity index (χ1n) is 5.63. The molecule has 4 nitrogen and oxygen atoms in total. The third-order valence-corrected chi connectivity index (χ3v) is 2.48. The van der Waals surface area contributed by atoms with Crippen LogP contribution < -0.4 is 9.47 Å². The van der Waals surface area contributed by atoms with Gasteiger partial charge >= 0.3 is 5.97 Å². The lowest BCUT2D eigenvalue weighted by atomic mass is 10.00. The van der Waals surface area contributed by atoms with Crippen molar-refractivity contribution >= 4 is 5.97 Å². The van der Waals surface area contributed by atoms with Crippen LogP contribution in [0.5, 0.6) is 11.5 Å². The first kappa shape index (κ1) is 14.3. The molecule has 0 spiro atoms. The van der Waals surface area contributed by atoms with Crippen LogP contribution in [0.1, 0.15) is 32.3 Å². The molecular weight excluding hydrogens is 239 g/mol. The smallest absolute Gasteiger partial charge is 0.310 e.